The van der Waals surface area contributed by atoms with Crippen molar-refractivity contribution in [2.75, 3.05) is 0 Å². The highest BCUT2D eigenvalue weighted by Crippen LogP contribution is 2.65. The first kappa shape index (κ1) is 25.0. The summed E-state index contributed by atoms with van der Waals surface area (Å²) in [6.07, 6.45) is 12.1. The van der Waals surface area contributed by atoms with Gasteiger partial charge in [0.15, 0.2) is 0 Å². The van der Waals surface area contributed by atoms with Gasteiger partial charge >= 0.3 is 0 Å². The van der Waals surface area contributed by atoms with Gasteiger partial charge in [0.25, 0.3) is 0 Å². The van der Waals surface area contributed by atoms with E-state index < -0.39 is 0 Å². The lowest BCUT2D eigenvalue weighted by molar-refractivity contribution is -0.162. The van der Waals surface area contributed by atoms with Gasteiger partial charge in [-0.25, -0.2) is 0 Å². The molecule has 4 fully saturated rings. The van der Waals surface area contributed by atoms with Crippen molar-refractivity contribution in [3.8, 4) is 0 Å². The highest BCUT2D eigenvalue weighted by Gasteiger charge is 2.59. The highest BCUT2D eigenvalue weighted by molar-refractivity contribution is 5.08. The number of aliphatic hydroxyl groups is 2. The van der Waals surface area contributed by atoms with Gasteiger partial charge in [-0.15, -0.1) is 0 Å². The van der Waals surface area contributed by atoms with E-state index in [0.717, 1.165) is 36.5 Å². The van der Waals surface area contributed by atoms with Gasteiger partial charge in [0.2, 0.25) is 0 Å². The van der Waals surface area contributed by atoms with Crippen LogP contribution >= 0.6 is 0 Å². The van der Waals surface area contributed by atoms with Crippen LogP contribution in [0.1, 0.15) is 120 Å². The van der Waals surface area contributed by atoms with Crippen molar-refractivity contribution in [1.29, 1.82) is 0 Å². The SMILES string of the molecule is C[C@H]1CC[C@H]2C(C)(C)[C@@H](O)CC[C@]2(C)[C@H]1CC[C@H]1[C@@H](C)CC[C@H]2C(C)(C)[C@@H](O)CC[C@]12C. The quantitative estimate of drug-likeness (QED) is 0.472. The zero-order valence-electron chi connectivity index (χ0n) is 22.6. The van der Waals surface area contributed by atoms with Gasteiger partial charge in [-0.05, 0) is 109 Å². The zero-order chi connectivity index (χ0) is 23.7. The van der Waals surface area contributed by atoms with Gasteiger partial charge in [0, 0.05) is 0 Å². The summed E-state index contributed by atoms with van der Waals surface area (Å²) < 4.78 is 0. The number of hydrogen-bond acceptors (Lipinski definition) is 2. The van der Waals surface area contributed by atoms with Crippen LogP contribution in [0.15, 0.2) is 0 Å². The molecule has 0 unspecified atom stereocenters. The molecule has 0 aromatic rings. The Bertz CT molecular complexity index is 624. The summed E-state index contributed by atoms with van der Waals surface area (Å²) in [6.45, 7) is 19.6. The Labute approximate surface area is 199 Å². The molecule has 32 heavy (non-hydrogen) atoms. The van der Waals surface area contributed by atoms with Gasteiger partial charge in [0.05, 0.1) is 12.2 Å². The Morgan fingerprint density at radius 1 is 0.562 bits per heavy atom. The molecule has 4 aliphatic rings. The van der Waals surface area contributed by atoms with Gasteiger partial charge in [-0.1, -0.05) is 68.2 Å². The molecule has 0 amide bonds. The molecule has 4 saturated carbocycles. The lowest BCUT2D eigenvalue weighted by Crippen LogP contribution is -2.57. The van der Waals surface area contributed by atoms with Crippen LogP contribution < -0.4 is 0 Å². The summed E-state index contributed by atoms with van der Waals surface area (Å²) in [4.78, 5) is 0. The summed E-state index contributed by atoms with van der Waals surface area (Å²) in [7, 11) is 0. The van der Waals surface area contributed by atoms with E-state index in [0.29, 0.717) is 22.7 Å². The average Bonchev–Trinajstić information content (AvgIpc) is 2.69. The van der Waals surface area contributed by atoms with Crippen molar-refractivity contribution in [3.63, 3.8) is 0 Å². The summed E-state index contributed by atoms with van der Waals surface area (Å²) >= 11 is 0. The second-order valence-corrected chi connectivity index (χ2v) is 14.8. The van der Waals surface area contributed by atoms with Crippen LogP contribution in [0.5, 0.6) is 0 Å². The summed E-state index contributed by atoms with van der Waals surface area (Å²) in [5.41, 5.74) is 0.843. The van der Waals surface area contributed by atoms with Crippen LogP contribution in [0.3, 0.4) is 0 Å². The molecule has 0 saturated heterocycles. The van der Waals surface area contributed by atoms with E-state index in [4.69, 9.17) is 0 Å². The normalized spacial score (nSPS) is 52.7. The monoisotopic (exact) mass is 446 g/mol. The fraction of sp³-hybridized carbons (Fsp3) is 1.00. The predicted octanol–water partition coefficient (Wildman–Crippen LogP) is 7.47. The molecular formula is C30H54O2. The van der Waals surface area contributed by atoms with Crippen molar-refractivity contribution >= 4 is 0 Å². The molecule has 186 valence electrons. The van der Waals surface area contributed by atoms with E-state index in [-0.39, 0.29) is 23.0 Å². The molecule has 2 nitrogen and oxygen atoms in total. The first-order valence-electron chi connectivity index (χ1n) is 14.1. The van der Waals surface area contributed by atoms with E-state index in [2.05, 4.69) is 55.4 Å². The van der Waals surface area contributed by atoms with Crippen molar-refractivity contribution in [3.05, 3.63) is 0 Å². The molecule has 0 heterocycles. The molecule has 4 aliphatic carbocycles. The van der Waals surface area contributed by atoms with E-state index >= 15 is 0 Å². The lowest BCUT2D eigenvalue weighted by Gasteiger charge is -2.62. The highest BCUT2D eigenvalue weighted by atomic mass is 16.3. The molecule has 10 atom stereocenters. The zero-order valence-corrected chi connectivity index (χ0v) is 22.6. The number of rotatable bonds is 3. The molecule has 0 bridgehead atoms. The maximum absolute atomic E-state index is 10.8. The van der Waals surface area contributed by atoms with Gasteiger partial charge < -0.3 is 10.2 Å². The lowest BCUT2D eigenvalue weighted by atomic mass is 9.43. The fourth-order valence-corrected chi connectivity index (χ4v) is 10.6. The largest absolute Gasteiger partial charge is 0.393 e. The van der Waals surface area contributed by atoms with Crippen molar-refractivity contribution < 1.29 is 10.2 Å². The van der Waals surface area contributed by atoms with Crippen molar-refractivity contribution in [1.82, 2.24) is 0 Å². The van der Waals surface area contributed by atoms with Crippen LogP contribution in [-0.4, -0.2) is 22.4 Å². The molecule has 2 heteroatoms. The van der Waals surface area contributed by atoms with Crippen LogP contribution in [0.4, 0.5) is 0 Å². The van der Waals surface area contributed by atoms with Gasteiger partial charge in [0.1, 0.15) is 0 Å². The van der Waals surface area contributed by atoms with E-state index in [9.17, 15) is 10.2 Å². The molecule has 4 rings (SSSR count). The number of fused-ring (bicyclic) bond motifs is 2. The Balaban J connectivity index is 1.56. The molecular weight excluding hydrogens is 392 g/mol. The minimum Gasteiger partial charge on any atom is -0.393 e. The standard InChI is InChI=1S/C30H54O2/c1-19-9-13-23-27(3,4)25(31)15-17-29(23,7)21(19)11-12-22-20(2)10-14-24-28(5,6)26(32)16-18-30(22,24)8/h19-26,31-32H,9-18H2,1-8H3/t19-,20-,21-,22-,23-,24-,25-,26-,29+,30+/m0/s1. The predicted molar refractivity (Wildman–Crippen MR) is 134 cm³/mol. The summed E-state index contributed by atoms with van der Waals surface area (Å²) in [6, 6.07) is 0. The molecule has 0 spiro atoms. The summed E-state index contributed by atoms with van der Waals surface area (Å²) in [5, 5.41) is 21.6. The number of hydrogen-bond donors (Lipinski definition) is 2. The number of aliphatic hydroxyl groups excluding tert-OH is 2. The Hall–Kier alpha value is -0.0800. The topological polar surface area (TPSA) is 40.5 Å². The Morgan fingerprint density at radius 2 is 0.906 bits per heavy atom. The molecule has 0 aromatic carbocycles. The van der Waals surface area contributed by atoms with E-state index in [1.54, 1.807) is 0 Å². The van der Waals surface area contributed by atoms with Crippen LogP contribution in [0, 0.1) is 57.2 Å². The third-order valence-corrected chi connectivity index (χ3v) is 12.7. The van der Waals surface area contributed by atoms with E-state index in [1.807, 2.05) is 0 Å². The van der Waals surface area contributed by atoms with Crippen molar-refractivity contribution in [2.24, 2.45) is 57.2 Å². The van der Waals surface area contributed by atoms with E-state index in [1.165, 1.54) is 51.4 Å². The summed E-state index contributed by atoms with van der Waals surface area (Å²) in [5.74, 6) is 4.47. The van der Waals surface area contributed by atoms with Crippen LogP contribution in [-0.2, 0) is 0 Å². The second-order valence-electron chi connectivity index (χ2n) is 14.8. The minimum atomic E-state index is -0.136. The molecule has 0 aliphatic heterocycles. The maximum atomic E-state index is 10.8. The Kier molecular flexibility index (Phi) is 6.45. The molecule has 0 radical (unpaired) electrons. The van der Waals surface area contributed by atoms with Crippen LogP contribution in [0.2, 0.25) is 0 Å². The average molecular weight is 447 g/mol. The molecule has 2 N–H and O–H groups in total. The van der Waals surface area contributed by atoms with Gasteiger partial charge in [-0.2, -0.15) is 0 Å². The first-order valence-corrected chi connectivity index (χ1v) is 14.1. The van der Waals surface area contributed by atoms with Crippen molar-refractivity contribution in [2.45, 2.75) is 132 Å². The third kappa shape index (κ3) is 3.64. The Morgan fingerprint density at radius 3 is 1.25 bits per heavy atom. The smallest absolute Gasteiger partial charge is 0.0594 e. The first-order chi connectivity index (χ1) is 14.8. The molecule has 0 aromatic heterocycles. The third-order valence-electron chi connectivity index (χ3n) is 12.7. The fourth-order valence-electron chi connectivity index (χ4n) is 10.6. The van der Waals surface area contributed by atoms with Gasteiger partial charge in [-0.3, -0.25) is 0 Å². The van der Waals surface area contributed by atoms with Crippen LogP contribution in [0.25, 0.3) is 0 Å². The second kappa shape index (κ2) is 8.25. The maximum Gasteiger partial charge on any atom is 0.0594 e. The minimum absolute atomic E-state index is 0.0458.